The second-order valence-electron chi connectivity index (χ2n) is 6.25. The second-order valence-corrected chi connectivity index (χ2v) is 6.25. The van der Waals surface area contributed by atoms with Crippen LogP contribution < -0.4 is 5.32 Å². The predicted molar refractivity (Wildman–Crippen MR) is 66.9 cm³/mol. The van der Waals surface area contributed by atoms with Gasteiger partial charge >= 0.3 is 6.09 Å². The maximum Gasteiger partial charge on any atom is 0.410 e. The van der Waals surface area contributed by atoms with Gasteiger partial charge in [0.05, 0.1) is 0 Å². The number of fused-ring (bicyclic) bond motifs is 3. The zero-order valence-electron chi connectivity index (χ0n) is 11.3. The maximum atomic E-state index is 12.1. The van der Waals surface area contributed by atoms with Crippen LogP contribution in [0.15, 0.2) is 0 Å². The molecule has 0 aromatic carbocycles. The lowest BCUT2D eigenvalue weighted by atomic mass is 9.76. The van der Waals surface area contributed by atoms with Gasteiger partial charge in [0.25, 0.3) is 0 Å². The number of nitrogens with one attached hydrogen (secondary N) is 1. The minimum atomic E-state index is -0.393. The number of hydrogen-bond donors (Lipinski definition) is 1. The summed E-state index contributed by atoms with van der Waals surface area (Å²) in [6, 6.07) is 0.944. The smallest absolute Gasteiger partial charge is 0.410 e. The van der Waals surface area contributed by atoms with E-state index in [2.05, 4.69) is 5.32 Å². The summed E-state index contributed by atoms with van der Waals surface area (Å²) in [7, 11) is 2.02. The first-order chi connectivity index (χ1) is 7.90. The first-order valence-corrected chi connectivity index (χ1v) is 6.57. The van der Waals surface area contributed by atoms with Crippen LogP contribution in [0.1, 0.15) is 40.0 Å². The summed E-state index contributed by atoms with van der Waals surface area (Å²) in [6.45, 7) is 6.61. The molecule has 3 rings (SSSR count). The number of amides is 1. The summed E-state index contributed by atoms with van der Waals surface area (Å²) < 4.78 is 5.47. The highest BCUT2D eigenvalue weighted by atomic mass is 16.6. The molecule has 2 aliphatic heterocycles. The Morgan fingerprint density at radius 2 is 2.06 bits per heavy atom. The van der Waals surface area contributed by atoms with Gasteiger partial charge in [0, 0.05) is 18.6 Å². The summed E-state index contributed by atoms with van der Waals surface area (Å²) >= 11 is 0. The van der Waals surface area contributed by atoms with Crippen molar-refractivity contribution in [1.29, 1.82) is 0 Å². The van der Waals surface area contributed by atoms with Crippen molar-refractivity contribution >= 4 is 6.09 Å². The number of rotatable bonds is 1. The van der Waals surface area contributed by atoms with E-state index < -0.39 is 5.60 Å². The van der Waals surface area contributed by atoms with Crippen molar-refractivity contribution in [2.45, 2.75) is 57.7 Å². The second kappa shape index (κ2) is 4.48. The molecule has 1 amide bonds. The quantitative estimate of drug-likeness (QED) is 0.762. The first kappa shape index (κ1) is 12.7. The van der Waals surface area contributed by atoms with Crippen molar-refractivity contribution in [3.05, 3.63) is 0 Å². The summed E-state index contributed by atoms with van der Waals surface area (Å²) in [5, 5.41) is 3.36. The summed E-state index contributed by atoms with van der Waals surface area (Å²) in [6.07, 6.45) is 3.29. The Morgan fingerprint density at radius 3 is 2.53 bits per heavy atom. The molecule has 17 heavy (non-hydrogen) atoms. The SMILES string of the molecule is CNC1CC2CCC1CN2C(=O)OC(C)(C)C. The molecule has 2 saturated heterocycles. The van der Waals surface area contributed by atoms with Crippen LogP contribution in [-0.2, 0) is 4.74 Å². The van der Waals surface area contributed by atoms with Crippen LogP contribution in [0.25, 0.3) is 0 Å². The highest BCUT2D eigenvalue weighted by Crippen LogP contribution is 2.35. The van der Waals surface area contributed by atoms with Crippen molar-refractivity contribution in [3.63, 3.8) is 0 Å². The fourth-order valence-corrected chi connectivity index (χ4v) is 3.01. The van der Waals surface area contributed by atoms with Gasteiger partial charge in [-0.15, -0.1) is 0 Å². The molecule has 3 aliphatic rings. The van der Waals surface area contributed by atoms with Crippen molar-refractivity contribution in [2.24, 2.45) is 5.92 Å². The van der Waals surface area contributed by atoms with Crippen molar-refractivity contribution in [1.82, 2.24) is 10.2 Å². The first-order valence-electron chi connectivity index (χ1n) is 6.57. The minimum absolute atomic E-state index is 0.137. The highest BCUT2D eigenvalue weighted by molar-refractivity contribution is 5.69. The summed E-state index contributed by atoms with van der Waals surface area (Å²) in [5.41, 5.74) is -0.393. The lowest BCUT2D eigenvalue weighted by Crippen LogP contribution is -2.59. The monoisotopic (exact) mass is 240 g/mol. The minimum Gasteiger partial charge on any atom is -0.444 e. The van der Waals surface area contributed by atoms with Gasteiger partial charge < -0.3 is 15.0 Å². The van der Waals surface area contributed by atoms with Crippen LogP contribution >= 0.6 is 0 Å². The Bertz CT molecular complexity index is 298. The van der Waals surface area contributed by atoms with Crippen LogP contribution in [0, 0.1) is 5.92 Å². The molecule has 1 N–H and O–H groups in total. The van der Waals surface area contributed by atoms with Crippen LogP contribution in [-0.4, -0.2) is 42.3 Å². The number of piperidine rings is 2. The molecule has 3 unspecified atom stereocenters. The molecule has 0 aromatic rings. The lowest BCUT2D eigenvalue weighted by Gasteiger charge is -2.49. The van der Waals surface area contributed by atoms with E-state index in [4.69, 9.17) is 4.74 Å². The molecule has 1 aliphatic carbocycles. The molecule has 2 bridgehead atoms. The van der Waals surface area contributed by atoms with E-state index in [-0.39, 0.29) is 6.09 Å². The van der Waals surface area contributed by atoms with E-state index in [9.17, 15) is 4.79 Å². The van der Waals surface area contributed by atoms with E-state index in [1.807, 2.05) is 32.7 Å². The topological polar surface area (TPSA) is 41.6 Å². The van der Waals surface area contributed by atoms with Crippen molar-refractivity contribution in [2.75, 3.05) is 13.6 Å². The molecule has 3 atom stereocenters. The predicted octanol–water partition coefficient (Wildman–Crippen LogP) is 1.99. The Kier molecular flexibility index (Phi) is 3.34. The van der Waals surface area contributed by atoms with Gasteiger partial charge in [-0.25, -0.2) is 4.79 Å². The summed E-state index contributed by atoms with van der Waals surface area (Å²) in [5.74, 6) is 0.595. The van der Waals surface area contributed by atoms with Crippen molar-refractivity contribution < 1.29 is 9.53 Å². The number of ether oxygens (including phenoxy) is 1. The van der Waals surface area contributed by atoms with Gasteiger partial charge in [-0.1, -0.05) is 0 Å². The number of carbonyl (C=O) groups excluding carboxylic acids is 1. The van der Waals surface area contributed by atoms with Gasteiger partial charge in [0.15, 0.2) is 0 Å². The summed E-state index contributed by atoms with van der Waals surface area (Å²) in [4.78, 5) is 14.0. The normalized spacial score (nSPS) is 32.7. The molecular weight excluding hydrogens is 216 g/mol. The Labute approximate surface area is 104 Å². The molecule has 1 saturated carbocycles. The van der Waals surface area contributed by atoms with Gasteiger partial charge in [0.1, 0.15) is 5.60 Å². The fraction of sp³-hybridized carbons (Fsp3) is 0.923. The third kappa shape index (κ3) is 2.73. The largest absolute Gasteiger partial charge is 0.444 e. The standard InChI is InChI=1S/C13H24N2O2/c1-13(2,3)17-12(16)15-8-9-5-6-10(15)7-11(9)14-4/h9-11,14H,5-8H2,1-4H3. The molecular formula is C13H24N2O2. The third-order valence-corrected chi connectivity index (χ3v) is 3.84. The molecule has 4 heteroatoms. The Morgan fingerprint density at radius 1 is 1.35 bits per heavy atom. The lowest BCUT2D eigenvalue weighted by molar-refractivity contribution is -0.0202. The van der Waals surface area contributed by atoms with Gasteiger partial charge in [0.2, 0.25) is 0 Å². The zero-order valence-corrected chi connectivity index (χ0v) is 11.3. The highest BCUT2D eigenvalue weighted by Gasteiger charge is 2.42. The number of nitrogens with zero attached hydrogens (tertiary/aromatic N) is 1. The van der Waals surface area contributed by atoms with Crippen LogP contribution in [0.2, 0.25) is 0 Å². The maximum absolute atomic E-state index is 12.1. The Hall–Kier alpha value is -0.770. The van der Waals surface area contributed by atoms with E-state index in [0.29, 0.717) is 18.0 Å². The van der Waals surface area contributed by atoms with Gasteiger partial charge in [-0.3, -0.25) is 0 Å². The number of carbonyl (C=O) groups is 1. The molecule has 0 aromatic heterocycles. The van der Waals surface area contributed by atoms with E-state index in [1.165, 1.54) is 6.42 Å². The number of hydrogen-bond acceptors (Lipinski definition) is 3. The molecule has 2 heterocycles. The van der Waals surface area contributed by atoms with Gasteiger partial charge in [-0.05, 0) is 53.0 Å². The molecule has 4 nitrogen and oxygen atoms in total. The van der Waals surface area contributed by atoms with Crippen LogP contribution in [0.3, 0.4) is 0 Å². The fourth-order valence-electron chi connectivity index (χ4n) is 3.01. The van der Waals surface area contributed by atoms with Gasteiger partial charge in [-0.2, -0.15) is 0 Å². The zero-order chi connectivity index (χ0) is 12.6. The molecule has 0 radical (unpaired) electrons. The van der Waals surface area contributed by atoms with E-state index in [1.54, 1.807) is 0 Å². The van der Waals surface area contributed by atoms with E-state index in [0.717, 1.165) is 19.4 Å². The average Bonchev–Trinajstić information content (AvgIpc) is 2.27. The van der Waals surface area contributed by atoms with Crippen LogP contribution in [0.4, 0.5) is 4.79 Å². The van der Waals surface area contributed by atoms with E-state index >= 15 is 0 Å². The molecule has 0 spiro atoms. The molecule has 98 valence electrons. The average molecular weight is 240 g/mol. The van der Waals surface area contributed by atoms with Crippen molar-refractivity contribution in [3.8, 4) is 0 Å². The molecule has 3 fully saturated rings. The van der Waals surface area contributed by atoms with Crippen LogP contribution in [0.5, 0.6) is 0 Å². The third-order valence-electron chi connectivity index (χ3n) is 3.84. The Balaban J connectivity index is 1.98.